The van der Waals surface area contributed by atoms with Crippen LogP contribution in [0.3, 0.4) is 0 Å². The van der Waals surface area contributed by atoms with E-state index in [1.807, 2.05) is 6.92 Å². The smallest absolute Gasteiger partial charge is 0.274 e. The largest absolute Gasteiger partial charge is 0.361 e. The van der Waals surface area contributed by atoms with Crippen molar-refractivity contribution < 1.29 is 18.0 Å². The average molecular weight is 489 g/mol. The first kappa shape index (κ1) is 24.5. The first-order chi connectivity index (χ1) is 16.4. The molecule has 1 amide bonds. The number of fused-ring (bicyclic) bond motifs is 1. The molecular formula is C24H26F3N5O3. The second kappa shape index (κ2) is 8.86. The number of aryl methyl sites for hydroxylation is 1. The fourth-order valence-corrected chi connectivity index (χ4v) is 4.62. The van der Waals surface area contributed by atoms with Crippen molar-refractivity contribution in [1.29, 1.82) is 0 Å². The normalized spacial score (nSPS) is 18.9. The Balaban J connectivity index is 1.82. The quantitative estimate of drug-likeness (QED) is 0.594. The Bertz CT molecular complexity index is 1430. The van der Waals surface area contributed by atoms with Crippen LogP contribution in [0.4, 0.5) is 19.0 Å². The Morgan fingerprint density at radius 1 is 1.20 bits per heavy atom. The number of carbonyl (C=O) groups excluding carboxylic acids is 1. The van der Waals surface area contributed by atoms with Crippen molar-refractivity contribution in [3.05, 3.63) is 68.1 Å². The molecule has 1 fully saturated rings. The van der Waals surface area contributed by atoms with Crippen molar-refractivity contribution in [2.45, 2.75) is 45.2 Å². The zero-order valence-electron chi connectivity index (χ0n) is 19.8. The van der Waals surface area contributed by atoms with E-state index in [9.17, 15) is 27.6 Å². The summed E-state index contributed by atoms with van der Waals surface area (Å²) < 4.78 is 43.6. The predicted octanol–water partition coefficient (Wildman–Crippen LogP) is 3.31. The summed E-state index contributed by atoms with van der Waals surface area (Å²) >= 11 is 0. The maximum absolute atomic E-state index is 14.7. The first-order valence-electron chi connectivity index (χ1n) is 11.2. The van der Waals surface area contributed by atoms with Crippen LogP contribution >= 0.6 is 0 Å². The van der Waals surface area contributed by atoms with E-state index in [1.165, 1.54) is 42.9 Å². The molecule has 2 aromatic heterocycles. The number of hydrogen-bond acceptors (Lipinski definition) is 5. The molecule has 8 nitrogen and oxygen atoms in total. The van der Waals surface area contributed by atoms with E-state index < -0.39 is 40.5 Å². The second-order valence-electron chi connectivity index (χ2n) is 9.19. The average Bonchev–Trinajstić information content (AvgIpc) is 3.20. The van der Waals surface area contributed by atoms with Crippen LogP contribution < -0.4 is 16.4 Å². The molecule has 35 heavy (non-hydrogen) atoms. The molecule has 1 saturated heterocycles. The van der Waals surface area contributed by atoms with Crippen LogP contribution in [0, 0.1) is 5.82 Å². The summed E-state index contributed by atoms with van der Waals surface area (Å²) in [5.41, 5.74) is -2.27. The third-order valence-electron chi connectivity index (χ3n) is 6.68. The Labute approximate surface area is 199 Å². The highest BCUT2D eigenvalue weighted by Gasteiger charge is 2.37. The lowest BCUT2D eigenvalue weighted by atomic mass is 10.0. The van der Waals surface area contributed by atoms with Crippen LogP contribution in [-0.4, -0.2) is 38.2 Å². The Morgan fingerprint density at radius 3 is 2.51 bits per heavy atom. The topological polar surface area (TPSA) is 89.2 Å². The molecule has 0 aliphatic carbocycles. The Hall–Kier alpha value is -3.63. The van der Waals surface area contributed by atoms with Crippen molar-refractivity contribution >= 4 is 22.5 Å². The fraction of sp³-hybridized carbons (Fsp3) is 0.417. The SMILES string of the molecule is CC(=O)N1CC[C@](C)(n2cc3c(NC(C)c4cccc(C(F)F)c4F)nn(C)c(=O)c3cc2=O)C1. The summed E-state index contributed by atoms with van der Waals surface area (Å²) in [5, 5.41) is 7.72. The molecule has 0 spiro atoms. The summed E-state index contributed by atoms with van der Waals surface area (Å²) in [5.74, 6) is -0.922. The second-order valence-corrected chi connectivity index (χ2v) is 9.19. The molecule has 1 unspecified atom stereocenters. The Morgan fingerprint density at radius 2 is 1.89 bits per heavy atom. The van der Waals surface area contributed by atoms with Gasteiger partial charge in [0.15, 0.2) is 5.82 Å². The van der Waals surface area contributed by atoms with Crippen LogP contribution in [0.15, 0.2) is 40.1 Å². The summed E-state index contributed by atoms with van der Waals surface area (Å²) in [6.07, 6.45) is -0.896. The van der Waals surface area contributed by atoms with Crippen molar-refractivity contribution in [3.8, 4) is 0 Å². The van der Waals surface area contributed by atoms with Gasteiger partial charge >= 0.3 is 0 Å². The highest BCUT2D eigenvalue weighted by atomic mass is 19.3. The van der Waals surface area contributed by atoms with Gasteiger partial charge in [0.05, 0.1) is 22.5 Å². The zero-order chi connectivity index (χ0) is 25.7. The molecule has 1 aliphatic heterocycles. The predicted molar refractivity (Wildman–Crippen MR) is 125 cm³/mol. The van der Waals surface area contributed by atoms with Gasteiger partial charge in [-0.2, -0.15) is 5.10 Å². The van der Waals surface area contributed by atoms with E-state index in [0.29, 0.717) is 24.9 Å². The number of aromatic nitrogens is 3. The van der Waals surface area contributed by atoms with Gasteiger partial charge in [0, 0.05) is 50.3 Å². The lowest BCUT2D eigenvalue weighted by Crippen LogP contribution is -2.41. The number of alkyl halides is 2. The molecule has 186 valence electrons. The minimum absolute atomic E-state index is 0.0137. The third kappa shape index (κ3) is 4.30. The van der Waals surface area contributed by atoms with Gasteiger partial charge in [-0.3, -0.25) is 14.4 Å². The van der Waals surface area contributed by atoms with Gasteiger partial charge in [-0.15, -0.1) is 0 Å². The number of halogens is 3. The van der Waals surface area contributed by atoms with Crippen LogP contribution in [0.5, 0.6) is 0 Å². The van der Waals surface area contributed by atoms with Crippen molar-refractivity contribution in [3.63, 3.8) is 0 Å². The molecule has 3 aromatic rings. The van der Waals surface area contributed by atoms with Crippen LogP contribution in [0.25, 0.3) is 10.8 Å². The number of rotatable bonds is 5. The van der Waals surface area contributed by atoms with Gasteiger partial charge in [0.25, 0.3) is 17.5 Å². The molecule has 4 rings (SSSR count). The molecule has 1 aliphatic rings. The standard InChI is InChI=1S/C24H26F3N5O3/c1-13(15-6-5-7-16(20(15)25)21(26)27)28-22-18-11-32(24(3)8-9-31(12-24)14(2)33)19(34)10-17(18)23(35)30(4)29-22/h5-7,10-11,13,21H,8-9,12H2,1-4H3,(H,28,29)/t13?,24-/m0/s1. The van der Waals surface area contributed by atoms with Gasteiger partial charge in [-0.25, -0.2) is 17.9 Å². The molecule has 2 atom stereocenters. The number of carbonyl (C=O) groups is 1. The van der Waals surface area contributed by atoms with Gasteiger partial charge in [-0.1, -0.05) is 18.2 Å². The molecule has 0 radical (unpaired) electrons. The highest BCUT2D eigenvalue weighted by molar-refractivity contribution is 5.90. The van der Waals surface area contributed by atoms with E-state index in [-0.39, 0.29) is 22.7 Å². The number of nitrogens with one attached hydrogen (secondary N) is 1. The van der Waals surface area contributed by atoms with Crippen molar-refractivity contribution in [2.24, 2.45) is 7.05 Å². The number of benzene rings is 1. The van der Waals surface area contributed by atoms with Gasteiger partial charge in [-0.05, 0) is 20.3 Å². The van der Waals surface area contributed by atoms with E-state index in [0.717, 1.165) is 10.7 Å². The number of pyridine rings is 1. The molecular weight excluding hydrogens is 463 g/mol. The highest BCUT2D eigenvalue weighted by Crippen LogP contribution is 2.32. The first-order valence-corrected chi connectivity index (χ1v) is 11.2. The minimum atomic E-state index is -2.96. The number of nitrogens with zero attached hydrogens (tertiary/aromatic N) is 4. The fourth-order valence-electron chi connectivity index (χ4n) is 4.62. The van der Waals surface area contributed by atoms with E-state index in [2.05, 4.69) is 10.4 Å². The monoisotopic (exact) mass is 489 g/mol. The maximum atomic E-state index is 14.7. The molecule has 11 heteroatoms. The molecule has 1 N–H and O–H groups in total. The molecule has 0 saturated carbocycles. The maximum Gasteiger partial charge on any atom is 0.274 e. The van der Waals surface area contributed by atoms with Gasteiger partial charge < -0.3 is 14.8 Å². The number of amides is 1. The lowest BCUT2D eigenvalue weighted by Gasteiger charge is -2.28. The Kier molecular flexibility index (Phi) is 6.20. The summed E-state index contributed by atoms with van der Waals surface area (Å²) in [6.45, 7) is 5.74. The number of anilines is 1. The van der Waals surface area contributed by atoms with Crippen LogP contribution in [0.1, 0.15) is 50.8 Å². The van der Waals surface area contributed by atoms with Gasteiger partial charge in [0.1, 0.15) is 5.82 Å². The van der Waals surface area contributed by atoms with E-state index >= 15 is 0 Å². The zero-order valence-corrected chi connectivity index (χ0v) is 19.8. The van der Waals surface area contributed by atoms with Crippen molar-refractivity contribution in [2.75, 3.05) is 18.4 Å². The van der Waals surface area contributed by atoms with Crippen molar-refractivity contribution in [1.82, 2.24) is 19.2 Å². The number of likely N-dealkylation sites (tertiary alicyclic amines) is 1. The third-order valence-corrected chi connectivity index (χ3v) is 6.68. The van der Waals surface area contributed by atoms with Crippen LogP contribution in [-0.2, 0) is 17.4 Å². The summed E-state index contributed by atoms with van der Waals surface area (Å²) in [6, 6.07) is 4.23. The minimum Gasteiger partial charge on any atom is -0.361 e. The number of hydrogen-bond donors (Lipinski definition) is 1. The molecule has 0 bridgehead atoms. The molecule has 1 aromatic carbocycles. The lowest BCUT2D eigenvalue weighted by molar-refractivity contribution is -0.128. The van der Waals surface area contributed by atoms with Crippen LogP contribution in [0.2, 0.25) is 0 Å². The van der Waals surface area contributed by atoms with E-state index in [4.69, 9.17) is 0 Å². The van der Waals surface area contributed by atoms with E-state index in [1.54, 1.807) is 11.8 Å². The molecule has 3 heterocycles. The van der Waals surface area contributed by atoms with Gasteiger partial charge in [0.2, 0.25) is 5.91 Å². The summed E-state index contributed by atoms with van der Waals surface area (Å²) in [4.78, 5) is 39.3. The summed E-state index contributed by atoms with van der Waals surface area (Å²) in [7, 11) is 1.42.